The summed E-state index contributed by atoms with van der Waals surface area (Å²) in [5, 5.41) is 3.25. The molecular weight excluding hydrogens is 314 g/mol. The summed E-state index contributed by atoms with van der Waals surface area (Å²) in [6.07, 6.45) is 0. The molecule has 0 aliphatic carbocycles. The molecule has 4 nitrogen and oxygen atoms in total. The summed E-state index contributed by atoms with van der Waals surface area (Å²) in [5.74, 6) is 1.15. The lowest BCUT2D eigenvalue weighted by atomic mass is 10.0. The van der Waals surface area contributed by atoms with E-state index in [0.29, 0.717) is 33.7 Å². The van der Waals surface area contributed by atoms with Crippen LogP contribution >= 0.6 is 11.6 Å². The summed E-state index contributed by atoms with van der Waals surface area (Å²) >= 11 is 6.06. The van der Waals surface area contributed by atoms with Crippen molar-refractivity contribution in [3.63, 3.8) is 0 Å². The topological polar surface area (TPSA) is 47.6 Å². The van der Waals surface area contributed by atoms with Crippen molar-refractivity contribution in [1.29, 1.82) is 0 Å². The number of amides is 1. The van der Waals surface area contributed by atoms with Crippen LogP contribution in [-0.4, -0.2) is 20.1 Å². The van der Waals surface area contributed by atoms with Crippen molar-refractivity contribution in [3.05, 3.63) is 52.5 Å². The van der Waals surface area contributed by atoms with Crippen LogP contribution in [0.25, 0.3) is 0 Å². The number of hydrogen-bond acceptors (Lipinski definition) is 3. The Morgan fingerprint density at radius 3 is 2.17 bits per heavy atom. The molecule has 2 aromatic rings. The Labute approximate surface area is 141 Å². The molecule has 1 N–H and O–H groups in total. The molecule has 0 radical (unpaired) electrons. The van der Waals surface area contributed by atoms with Gasteiger partial charge in [-0.2, -0.15) is 0 Å². The Bertz CT molecular complexity index is 696. The lowest BCUT2D eigenvalue weighted by Gasteiger charge is -2.13. The number of benzene rings is 2. The van der Waals surface area contributed by atoms with Gasteiger partial charge in [0.2, 0.25) is 0 Å². The molecule has 0 unspecified atom stereocenters. The van der Waals surface area contributed by atoms with Crippen molar-refractivity contribution >= 4 is 23.2 Å². The Morgan fingerprint density at radius 1 is 1.04 bits per heavy atom. The summed E-state index contributed by atoms with van der Waals surface area (Å²) in [7, 11) is 3.04. The van der Waals surface area contributed by atoms with Gasteiger partial charge in [0, 0.05) is 17.7 Å². The van der Waals surface area contributed by atoms with E-state index in [-0.39, 0.29) is 5.91 Å². The van der Waals surface area contributed by atoms with E-state index < -0.39 is 0 Å². The fraction of sp³-hybridized carbons (Fsp3) is 0.278. The van der Waals surface area contributed by atoms with Gasteiger partial charge in [0.15, 0.2) is 0 Å². The van der Waals surface area contributed by atoms with Crippen molar-refractivity contribution in [3.8, 4) is 11.5 Å². The molecule has 1 amide bonds. The number of hydrogen-bond donors (Lipinski definition) is 1. The first-order chi connectivity index (χ1) is 11.0. The van der Waals surface area contributed by atoms with Crippen LogP contribution in [0.4, 0.5) is 5.69 Å². The lowest BCUT2D eigenvalue weighted by molar-refractivity contribution is 0.102. The first kappa shape index (κ1) is 17.2. The molecule has 2 aromatic carbocycles. The second-order valence-electron chi connectivity index (χ2n) is 5.42. The van der Waals surface area contributed by atoms with Crippen molar-refractivity contribution < 1.29 is 14.3 Å². The molecule has 0 aromatic heterocycles. The highest BCUT2D eigenvalue weighted by atomic mass is 35.5. The zero-order valence-electron chi connectivity index (χ0n) is 13.6. The lowest BCUT2D eigenvalue weighted by Crippen LogP contribution is -2.13. The molecule has 0 bridgehead atoms. The van der Waals surface area contributed by atoms with E-state index in [4.69, 9.17) is 21.1 Å². The molecule has 0 aliphatic heterocycles. The third-order valence-corrected chi connectivity index (χ3v) is 3.86. The largest absolute Gasteiger partial charge is 0.495 e. The van der Waals surface area contributed by atoms with E-state index in [1.165, 1.54) is 19.8 Å². The molecule has 5 heteroatoms. The van der Waals surface area contributed by atoms with Crippen LogP contribution in [0.15, 0.2) is 36.4 Å². The average Bonchev–Trinajstić information content (AvgIpc) is 2.55. The standard InChI is InChI=1S/C18H20ClNO3/c1-11(2)12-5-7-13(8-6-12)18(21)20-15-10-16(22-3)14(19)9-17(15)23-4/h5-11H,1-4H3,(H,20,21). The number of ether oxygens (including phenoxy) is 2. The fourth-order valence-corrected chi connectivity index (χ4v) is 2.40. The van der Waals surface area contributed by atoms with Crippen LogP contribution in [0.5, 0.6) is 11.5 Å². The smallest absolute Gasteiger partial charge is 0.255 e. The Morgan fingerprint density at radius 2 is 1.65 bits per heavy atom. The highest BCUT2D eigenvalue weighted by Crippen LogP contribution is 2.36. The van der Waals surface area contributed by atoms with Crippen LogP contribution in [-0.2, 0) is 0 Å². The minimum Gasteiger partial charge on any atom is -0.495 e. The third-order valence-electron chi connectivity index (χ3n) is 3.56. The summed E-state index contributed by atoms with van der Waals surface area (Å²) < 4.78 is 10.4. The van der Waals surface area contributed by atoms with Crippen LogP contribution in [0, 0.1) is 0 Å². The molecule has 0 saturated carbocycles. The molecule has 23 heavy (non-hydrogen) atoms. The number of methoxy groups -OCH3 is 2. The van der Waals surface area contributed by atoms with E-state index >= 15 is 0 Å². The number of anilines is 1. The van der Waals surface area contributed by atoms with Crippen molar-refractivity contribution in [2.45, 2.75) is 19.8 Å². The van der Waals surface area contributed by atoms with Gasteiger partial charge in [-0.25, -0.2) is 0 Å². The van der Waals surface area contributed by atoms with E-state index in [1.54, 1.807) is 12.1 Å². The van der Waals surface area contributed by atoms with E-state index in [2.05, 4.69) is 19.2 Å². The van der Waals surface area contributed by atoms with Gasteiger partial charge >= 0.3 is 0 Å². The van der Waals surface area contributed by atoms with Crippen molar-refractivity contribution in [2.75, 3.05) is 19.5 Å². The molecule has 0 saturated heterocycles. The maximum absolute atomic E-state index is 12.4. The minimum absolute atomic E-state index is 0.219. The average molecular weight is 334 g/mol. The Hall–Kier alpha value is -2.20. The Kier molecular flexibility index (Phi) is 5.50. The maximum Gasteiger partial charge on any atom is 0.255 e. The molecule has 0 heterocycles. The van der Waals surface area contributed by atoms with Crippen molar-refractivity contribution in [1.82, 2.24) is 0 Å². The van der Waals surface area contributed by atoms with Gasteiger partial charge in [0.05, 0.1) is 24.9 Å². The van der Waals surface area contributed by atoms with Crippen molar-refractivity contribution in [2.24, 2.45) is 0 Å². The molecule has 0 aliphatic rings. The summed E-state index contributed by atoms with van der Waals surface area (Å²) in [6, 6.07) is 10.8. The predicted molar refractivity (Wildman–Crippen MR) is 93.0 cm³/mol. The second kappa shape index (κ2) is 7.38. The quantitative estimate of drug-likeness (QED) is 0.860. The highest BCUT2D eigenvalue weighted by Gasteiger charge is 2.14. The van der Waals surface area contributed by atoms with Gasteiger partial charge in [-0.3, -0.25) is 4.79 Å². The summed E-state index contributed by atoms with van der Waals surface area (Å²) in [4.78, 5) is 12.4. The first-order valence-corrected chi connectivity index (χ1v) is 7.67. The molecular formula is C18H20ClNO3. The van der Waals surface area contributed by atoms with Gasteiger partial charge in [-0.15, -0.1) is 0 Å². The number of carbonyl (C=O) groups is 1. The third kappa shape index (κ3) is 3.96. The minimum atomic E-state index is -0.219. The second-order valence-corrected chi connectivity index (χ2v) is 5.83. The van der Waals surface area contributed by atoms with Crippen LogP contribution in [0.2, 0.25) is 5.02 Å². The number of nitrogens with one attached hydrogen (secondary N) is 1. The first-order valence-electron chi connectivity index (χ1n) is 7.29. The summed E-state index contributed by atoms with van der Waals surface area (Å²) in [6.45, 7) is 4.22. The zero-order valence-corrected chi connectivity index (χ0v) is 14.4. The zero-order chi connectivity index (χ0) is 17.0. The summed E-state index contributed by atoms with van der Waals surface area (Å²) in [5.41, 5.74) is 2.27. The number of halogens is 1. The van der Waals surface area contributed by atoms with E-state index in [9.17, 15) is 4.79 Å². The van der Waals surface area contributed by atoms with E-state index in [0.717, 1.165) is 0 Å². The van der Waals surface area contributed by atoms with Gasteiger partial charge in [0.25, 0.3) is 5.91 Å². The molecule has 122 valence electrons. The SMILES string of the molecule is COc1cc(NC(=O)c2ccc(C(C)C)cc2)c(OC)cc1Cl. The maximum atomic E-state index is 12.4. The van der Waals surface area contributed by atoms with Crippen LogP contribution < -0.4 is 14.8 Å². The van der Waals surface area contributed by atoms with Gasteiger partial charge in [0.1, 0.15) is 11.5 Å². The molecule has 2 rings (SSSR count). The monoisotopic (exact) mass is 333 g/mol. The van der Waals surface area contributed by atoms with Crippen LogP contribution in [0.3, 0.4) is 0 Å². The Balaban J connectivity index is 2.25. The van der Waals surface area contributed by atoms with Gasteiger partial charge in [-0.05, 0) is 23.6 Å². The predicted octanol–water partition coefficient (Wildman–Crippen LogP) is 4.73. The molecule has 0 spiro atoms. The number of rotatable bonds is 5. The highest BCUT2D eigenvalue weighted by molar-refractivity contribution is 6.32. The molecule has 0 fully saturated rings. The molecule has 0 atom stereocenters. The van der Waals surface area contributed by atoms with Gasteiger partial charge < -0.3 is 14.8 Å². The van der Waals surface area contributed by atoms with E-state index in [1.807, 2.05) is 24.3 Å². The van der Waals surface area contributed by atoms with Crippen LogP contribution in [0.1, 0.15) is 35.7 Å². The fourth-order valence-electron chi connectivity index (χ4n) is 2.17. The van der Waals surface area contributed by atoms with Gasteiger partial charge in [-0.1, -0.05) is 37.6 Å². The normalized spacial score (nSPS) is 10.5. The number of carbonyl (C=O) groups excluding carboxylic acids is 1.